The third kappa shape index (κ3) is 7.46. The van der Waals surface area contributed by atoms with E-state index in [9.17, 15) is 4.39 Å². The molecule has 0 aliphatic carbocycles. The van der Waals surface area contributed by atoms with E-state index in [2.05, 4.69) is 17.6 Å². The fraction of sp³-hybridized carbons (Fsp3) is 0.552. The van der Waals surface area contributed by atoms with E-state index in [0.29, 0.717) is 5.56 Å². The summed E-state index contributed by atoms with van der Waals surface area (Å²) in [5, 5.41) is 0. The number of fused-ring (bicyclic) bond motifs is 1. The van der Waals surface area contributed by atoms with Crippen molar-refractivity contribution >= 4 is 11.0 Å². The van der Waals surface area contributed by atoms with E-state index in [1.165, 1.54) is 89.5 Å². The number of para-hydroxylation sites is 2. The molecule has 0 aliphatic heterocycles. The average molecular weight is 437 g/mol. The minimum Gasteiger partial charge on any atom is -0.324 e. The Bertz CT molecular complexity index is 914. The molecule has 0 bridgehead atoms. The molecular formula is C29H41FN2. The van der Waals surface area contributed by atoms with Gasteiger partial charge >= 0.3 is 0 Å². The van der Waals surface area contributed by atoms with Gasteiger partial charge in [0.15, 0.2) is 0 Å². The summed E-state index contributed by atoms with van der Waals surface area (Å²) in [5.41, 5.74) is 2.63. The average Bonchev–Trinajstić information content (AvgIpc) is 3.18. The van der Waals surface area contributed by atoms with Crippen molar-refractivity contribution in [3.63, 3.8) is 0 Å². The summed E-state index contributed by atoms with van der Waals surface area (Å²) in [7, 11) is 0. The number of aryl methyl sites for hydroxylation is 1. The predicted molar refractivity (Wildman–Crippen MR) is 135 cm³/mol. The van der Waals surface area contributed by atoms with Gasteiger partial charge in [0, 0.05) is 6.54 Å². The first kappa shape index (κ1) is 24.5. The molecule has 3 rings (SSSR count). The van der Waals surface area contributed by atoms with Gasteiger partial charge in [0.05, 0.1) is 16.6 Å². The zero-order valence-corrected chi connectivity index (χ0v) is 20.0. The Morgan fingerprint density at radius 1 is 0.656 bits per heavy atom. The van der Waals surface area contributed by atoms with Crippen LogP contribution in [0.4, 0.5) is 4.39 Å². The number of benzene rings is 2. The highest BCUT2D eigenvalue weighted by Crippen LogP contribution is 2.27. The van der Waals surface area contributed by atoms with E-state index < -0.39 is 0 Å². The van der Waals surface area contributed by atoms with E-state index >= 15 is 0 Å². The fourth-order valence-corrected chi connectivity index (χ4v) is 4.61. The quantitative estimate of drug-likeness (QED) is 0.204. The maximum Gasteiger partial charge on any atom is 0.144 e. The van der Waals surface area contributed by atoms with Crippen molar-refractivity contribution in [2.75, 3.05) is 0 Å². The Hall–Kier alpha value is -2.16. The molecule has 3 heteroatoms. The van der Waals surface area contributed by atoms with Crippen LogP contribution < -0.4 is 0 Å². The number of imidazole rings is 1. The lowest BCUT2D eigenvalue weighted by Crippen LogP contribution is -2.02. The number of hydrogen-bond acceptors (Lipinski definition) is 1. The molecule has 0 amide bonds. The molecule has 0 fully saturated rings. The van der Waals surface area contributed by atoms with Crippen LogP contribution in [0.2, 0.25) is 0 Å². The number of rotatable bonds is 16. The minimum absolute atomic E-state index is 0.204. The number of hydrogen-bond donors (Lipinski definition) is 0. The molecule has 0 saturated heterocycles. The van der Waals surface area contributed by atoms with Crippen LogP contribution in [0.25, 0.3) is 22.4 Å². The summed E-state index contributed by atoms with van der Waals surface area (Å²) in [4.78, 5) is 4.75. The van der Waals surface area contributed by atoms with Crippen LogP contribution in [0, 0.1) is 5.82 Å². The van der Waals surface area contributed by atoms with Gasteiger partial charge < -0.3 is 4.57 Å². The largest absolute Gasteiger partial charge is 0.324 e. The Kier molecular flexibility index (Phi) is 10.8. The van der Waals surface area contributed by atoms with E-state index in [0.717, 1.165) is 29.8 Å². The first-order valence-electron chi connectivity index (χ1n) is 13.0. The molecule has 2 aromatic carbocycles. The zero-order chi connectivity index (χ0) is 22.4. The monoisotopic (exact) mass is 436 g/mol. The van der Waals surface area contributed by atoms with Gasteiger partial charge in [-0.15, -0.1) is 0 Å². The van der Waals surface area contributed by atoms with Crippen LogP contribution in [0.5, 0.6) is 0 Å². The van der Waals surface area contributed by atoms with Gasteiger partial charge in [-0.2, -0.15) is 0 Å². The summed E-state index contributed by atoms with van der Waals surface area (Å²) >= 11 is 0. The van der Waals surface area contributed by atoms with Crippen LogP contribution in [0.1, 0.15) is 96.8 Å². The van der Waals surface area contributed by atoms with E-state index in [-0.39, 0.29) is 5.82 Å². The third-order valence-corrected chi connectivity index (χ3v) is 6.50. The molecule has 174 valence electrons. The van der Waals surface area contributed by atoms with E-state index in [1.54, 1.807) is 6.07 Å². The van der Waals surface area contributed by atoms with Crippen molar-refractivity contribution in [3.05, 3.63) is 54.3 Å². The summed E-state index contributed by atoms with van der Waals surface area (Å²) in [6, 6.07) is 15.1. The first-order valence-corrected chi connectivity index (χ1v) is 13.0. The lowest BCUT2D eigenvalue weighted by molar-refractivity contribution is 0.526. The standard InChI is InChI=1S/C29H41FN2/c1-2-3-4-5-6-7-8-9-10-11-12-13-14-19-24-32-28-23-18-17-22-27(28)31-29(32)25-20-15-16-21-26(25)30/h15-18,20-23H,2-14,19,24H2,1H3. The van der Waals surface area contributed by atoms with Crippen LogP contribution in [-0.2, 0) is 6.54 Å². The van der Waals surface area contributed by atoms with Crippen LogP contribution in [0.3, 0.4) is 0 Å². The van der Waals surface area contributed by atoms with E-state index in [4.69, 9.17) is 4.98 Å². The maximum absolute atomic E-state index is 14.4. The second-order valence-electron chi connectivity index (χ2n) is 9.15. The van der Waals surface area contributed by atoms with Crippen LogP contribution >= 0.6 is 0 Å². The van der Waals surface area contributed by atoms with Gasteiger partial charge in [-0.25, -0.2) is 9.37 Å². The molecule has 3 aromatic rings. The molecule has 32 heavy (non-hydrogen) atoms. The number of halogens is 1. The van der Waals surface area contributed by atoms with Crippen molar-refractivity contribution in [2.45, 2.75) is 103 Å². The van der Waals surface area contributed by atoms with Crippen LogP contribution in [0.15, 0.2) is 48.5 Å². The summed E-state index contributed by atoms with van der Waals surface area (Å²) in [5.74, 6) is 0.545. The Labute approximate surface area is 194 Å². The number of unbranched alkanes of at least 4 members (excludes halogenated alkanes) is 13. The molecule has 0 aliphatic rings. The molecule has 0 saturated carbocycles. The highest BCUT2D eigenvalue weighted by Gasteiger charge is 2.15. The molecule has 2 nitrogen and oxygen atoms in total. The predicted octanol–water partition coefficient (Wildman–Crippen LogP) is 9.32. The highest BCUT2D eigenvalue weighted by molar-refractivity contribution is 5.80. The zero-order valence-electron chi connectivity index (χ0n) is 20.0. The Morgan fingerprint density at radius 3 is 1.81 bits per heavy atom. The lowest BCUT2D eigenvalue weighted by Gasteiger charge is -2.10. The van der Waals surface area contributed by atoms with Crippen molar-refractivity contribution in [1.29, 1.82) is 0 Å². The molecule has 1 heterocycles. The lowest BCUT2D eigenvalue weighted by atomic mass is 10.0. The van der Waals surface area contributed by atoms with Gasteiger partial charge in [0.1, 0.15) is 11.6 Å². The molecule has 1 aromatic heterocycles. The second-order valence-corrected chi connectivity index (χ2v) is 9.15. The minimum atomic E-state index is -0.204. The van der Waals surface area contributed by atoms with Gasteiger partial charge in [-0.1, -0.05) is 115 Å². The molecule has 0 spiro atoms. The maximum atomic E-state index is 14.4. The van der Waals surface area contributed by atoms with Gasteiger partial charge in [-0.05, 0) is 30.7 Å². The number of nitrogens with zero attached hydrogens (tertiary/aromatic N) is 2. The highest BCUT2D eigenvalue weighted by atomic mass is 19.1. The summed E-state index contributed by atoms with van der Waals surface area (Å²) < 4.78 is 16.6. The summed E-state index contributed by atoms with van der Waals surface area (Å²) in [6.07, 6.45) is 19.0. The van der Waals surface area contributed by atoms with Gasteiger partial charge in [0.25, 0.3) is 0 Å². The van der Waals surface area contributed by atoms with E-state index in [1.807, 2.05) is 30.3 Å². The first-order chi connectivity index (χ1) is 15.8. The summed E-state index contributed by atoms with van der Waals surface area (Å²) in [6.45, 7) is 3.17. The molecular weight excluding hydrogens is 395 g/mol. The van der Waals surface area contributed by atoms with Crippen molar-refractivity contribution in [2.24, 2.45) is 0 Å². The Balaban J connectivity index is 1.36. The molecule has 0 atom stereocenters. The van der Waals surface area contributed by atoms with Crippen LogP contribution in [-0.4, -0.2) is 9.55 Å². The normalized spacial score (nSPS) is 11.4. The SMILES string of the molecule is CCCCCCCCCCCCCCCCn1c(-c2ccccc2F)nc2ccccc21. The molecule has 0 unspecified atom stereocenters. The molecule has 0 N–H and O–H groups in total. The second kappa shape index (κ2) is 14.1. The van der Waals surface area contributed by atoms with Gasteiger partial charge in [-0.3, -0.25) is 0 Å². The van der Waals surface area contributed by atoms with Crippen molar-refractivity contribution < 1.29 is 4.39 Å². The Morgan fingerprint density at radius 2 is 1.19 bits per heavy atom. The number of aromatic nitrogens is 2. The topological polar surface area (TPSA) is 17.8 Å². The van der Waals surface area contributed by atoms with Crippen molar-refractivity contribution in [1.82, 2.24) is 9.55 Å². The smallest absolute Gasteiger partial charge is 0.144 e. The molecule has 0 radical (unpaired) electrons. The third-order valence-electron chi connectivity index (χ3n) is 6.50. The fourth-order valence-electron chi connectivity index (χ4n) is 4.61. The van der Waals surface area contributed by atoms with Crippen molar-refractivity contribution in [3.8, 4) is 11.4 Å². The van der Waals surface area contributed by atoms with Gasteiger partial charge in [0.2, 0.25) is 0 Å².